The lowest BCUT2D eigenvalue weighted by molar-refractivity contribution is 0.0162. The van der Waals surface area contributed by atoms with Gasteiger partial charge in [-0.3, -0.25) is 9.69 Å². The zero-order valence-electron chi connectivity index (χ0n) is 17.9. The van der Waals surface area contributed by atoms with Gasteiger partial charge in [-0.25, -0.2) is 0 Å². The van der Waals surface area contributed by atoms with Gasteiger partial charge in [0.05, 0.1) is 31.9 Å². The summed E-state index contributed by atoms with van der Waals surface area (Å²) in [6.07, 6.45) is 0.0781. The summed E-state index contributed by atoms with van der Waals surface area (Å²) in [6, 6.07) is 14.0. The molecule has 0 saturated carbocycles. The third-order valence-electron chi connectivity index (χ3n) is 6.23. The third kappa shape index (κ3) is 4.16. The van der Waals surface area contributed by atoms with Crippen LogP contribution >= 0.6 is 0 Å². The van der Waals surface area contributed by atoms with Gasteiger partial charge in [0.1, 0.15) is 17.6 Å². The van der Waals surface area contributed by atoms with E-state index >= 15 is 0 Å². The van der Waals surface area contributed by atoms with Crippen LogP contribution in [0.2, 0.25) is 0 Å². The Balaban J connectivity index is 1.52. The number of hydrogen-bond donors (Lipinski definition) is 1. The number of hydrogen-bond acceptors (Lipinski definition) is 5. The normalized spacial score (nSPS) is 22.1. The van der Waals surface area contributed by atoms with Crippen LogP contribution in [-0.4, -0.2) is 56.9 Å². The Bertz CT molecular complexity index is 877. The second-order valence-electron chi connectivity index (χ2n) is 7.98. The van der Waals surface area contributed by atoms with E-state index in [4.69, 9.17) is 14.2 Å². The van der Waals surface area contributed by atoms with Crippen molar-refractivity contribution in [1.29, 1.82) is 0 Å². The van der Waals surface area contributed by atoms with Gasteiger partial charge in [-0.05, 0) is 30.7 Å². The van der Waals surface area contributed by atoms with E-state index in [1.807, 2.05) is 37.3 Å². The van der Waals surface area contributed by atoms with Crippen LogP contribution in [0, 0.1) is 0 Å². The molecule has 1 N–H and O–H groups in total. The molecule has 1 saturated heterocycles. The van der Waals surface area contributed by atoms with Crippen molar-refractivity contribution in [3.05, 3.63) is 59.2 Å². The van der Waals surface area contributed by atoms with Gasteiger partial charge >= 0.3 is 0 Å². The van der Waals surface area contributed by atoms with Crippen molar-refractivity contribution in [2.24, 2.45) is 0 Å². The Morgan fingerprint density at radius 1 is 1.17 bits per heavy atom. The van der Waals surface area contributed by atoms with E-state index in [9.17, 15) is 4.79 Å². The SMILES string of the molecule is COc1ccc([C@H](CNC(=O)c2cccc3c2O[C@H](C)[C@H]3C)N2CCOCC2)cc1. The molecule has 4 rings (SSSR count). The summed E-state index contributed by atoms with van der Waals surface area (Å²) in [6.45, 7) is 7.78. The standard InChI is InChI=1S/C24H30N2O4/c1-16-17(2)30-23-20(16)5-4-6-21(23)24(27)25-15-22(26-11-13-29-14-12-26)18-7-9-19(28-3)10-8-18/h4-10,16-17,22H,11-15H2,1-3H3,(H,25,27)/t16-,17-,22+/m1/s1. The first kappa shape index (κ1) is 20.7. The molecule has 2 aromatic rings. The van der Waals surface area contributed by atoms with Gasteiger partial charge < -0.3 is 19.5 Å². The predicted molar refractivity (Wildman–Crippen MR) is 115 cm³/mol. The Kier molecular flexibility index (Phi) is 6.25. The maximum atomic E-state index is 13.1. The highest BCUT2D eigenvalue weighted by molar-refractivity contribution is 5.97. The fraction of sp³-hybridized carbons (Fsp3) is 0.458. The van der Waals surface area contributed by atoms with E-state index in [0.717, 1.165) is 35.7 Å². The minimum Gasteiger partial charge on any atom is -0.497 e. The molecule has 6 nitrogen and oxygen atoms in total. The van der Waals surface area contributed by atoms with Crippen LogP contribution < -0.4 is 14.8 Å². The Morgan fingerprint density at radius 3 is 2.60 bits per heavy atom. The predicted octanol–water partition coefficient (Wildman–Crippen LogP) is 3.38. The molecule has 0 radical (unpaired) electrons. The number of fused-ring (bicyclic) bond motifs is 1. The van der Waals surface area contributed by atoms with Crippen molar-refractivity contribution in [2.75, 3.05) is 40.0 Å². The zero-order chi connectivity index (χ0) is 21.1. The van der Waals surface area contributed by atoms with E-state index in [-0.39, 0.29) is 24.0 Å². The molecule has 2 aliphatic rings. The molecule has 1 fully saturated rings. The number of ether oxygens (including phenoxy) is 3. The van der Waals surface area contributed by atoms with Crippen LogP contribution in [0.25, 0.3) is 0 Å². The molecule has 1 amide bonds. The van der Waals surface area contributed by atoms with E-state index in [1.165, 1.54) is 0 Å². The van der Waals surface area contributed by atoms with E-state index in [1.54, 1.807) is 7.11 Å². The van der Waals surface area contributed by atoms with Crippen molar-refractivity contribution < 1.29 is 19.0 Å². The minimum absolute atomic E-state index is 0.0688. The molecule has 0 aromatic heterocycles. The third-order valence-corrected chi connectivity index (χ3v) is 6.23. The number of nitrogens with zero attached hydrogens (tertiary/aromatic N) is 1. The van der Waals surface area contributed by atoms with Gasteiger partial charge in [0.2, 0.25) is 0 Å². The maximum absolute atomic E-state index is 13.1. The van der Waals surface area contributed by atoms with Gasteiger partial charge in [-0.15, -0.1) is 0 Å². The van der Waals surface area contributed by atoms with Crippen molar-refractivity contribution in [3.8, 4) is 11.5 Å². The smallest absolute Gasteiger partial charge is 0.255 e. The molecule has 0 bridgehead atoms. The van der Waals surface area contributed by atoms with Crippen LogP contribution in [-0.2, 0) is 4.74 Å². The number of amides is 1. The highest BCUT2D eigenvalue weighted by atomic mass is 16.5. The summed E-state index contributed by atoms with van der Waals surface area (Å²) >= 11 is 0. The molecular weight excluding hydrogens is 380 g/mol. The molecular formula is C24H30N2O4. The van der Waals surface area contributed by atoms with E-state index in [0.29, 0.717) is 25.3 Å². The van der Waals surface area contributed by atoms with E-state index in [2.05, 4.69) is 29.3 Å². The molecule has 0 aliphatic carbocycles. The Labute approximate surface area is 178 Å². The zero-order valence-corrected chi connectivity index (χ0v) is 17.9. The molecule has 0 unspecified atom stereocenters. The van der Waals surface area contributed by atoms with Gasteiger partial charge in [0.15, 0.2) is 0 Å². The quantitative estimate of drug-likeness (QED) is 0.791. The first-order valence-electron chi connectivity index (χ1n) is 10.6. The van der Waals surface area contributed by atoms with Gasteiger partial charge in [-0.1, -0.05) is 31.2 Å². The number of carbonyl (C=O) groups excluding carboxylic acids is 1. The van der Waals surface area contributed by atoms with Crippen molar-refractivity contribution >= 4 is 5.91 Å². The molecule has 3 atom stereocenters. The second kappa shape index (κ2) is 9.06. The molecule has 2 aromatic carbocycles. The van der Waals surface area contributed by atoms with Gasteiger partial charge in [-0.2, -0.15) is 0 Å². The summed E-state index contributed by atoms with van der Waals surface area (Å²) in [4.78, 5) is 15.4. The largest absolute Gasteiger partial charge is 0.497 e. The number of para-hydroxylation sites is 1. The fourth-order valence-corrected chi connectivity index (χ4v) is 4.22. The number of rotatable bonds is 6. The Hall–Kier alpha value is -2.57. The molecule has 2 aliphatic heterocycles. The van der Waals surface area contributed by atoms with Gasteiger partial charge in [0, 0.05) is 31.1 Å². The molecule has 160 valence electrons. The Morgan fingerprint density at radius 2 is 1.90 bits per heavy atom. The van der Waals surface area contributed by atoms with Crippen molar-refractivity contribution in [1.82, 2.24) is 10.2 Å². The lowest BCUT2D eigenvalue weighted by atomic mass is 9.96. The van der Waals surface area contributed by atoms with Crippen LogP contribution in [0.3, 0.4) is 0 Å². The lowest BCUT2D eigenvalue weighted by Gasteiger charge is -2.35. The molecule has 2 heterocycles. The van der Waals surface area contributed by atoms with Crippen LogP contribution in [0.15, 0.2) is 42.5 Å². The maximum Gasteiger partial charge on any atom is 0.255 e. The van der Waals surface area contributed by atoms with Crippen LogP contribution in [0.5, 0.6) is 11.5 Å². The number of methoxy groups -OCH3 is 1. The number of carbonyl (C=O) groups is 1. The molecule has 30 heavy (non-hydrogen) atoms. The summed E-state index contributed by atoms with van der Waals surface area (Å²) in [5.41, 5.74) is 2.86. The number of benzene rings is 2. The van der Waals surface area contributed by atoms with Crippen LogP contribution in [0.1, 0.15) is 47.3 Å². The average Bonchev–Trinajstić information content (AvgIpc) is 3.08. The lowest BCUT2D eigenvalue weighted by Crippen LogP contribution is -2.43. The fourth-order valence-electron chi connectivity index (χ4n) is 4.22. The topological polar surface area (TPSA) is 60.0 Å². The number of nitrogens with one attached hydrogen (secondary N) is 1. The first-order chi connectivity index (χ1) is 14.6. The minimum atomic E-state index is -0.0973. The van der Waals surface area contributed by atoms with Crippen LogP contribution in [0.4, 0.5) is 0 Å². The number of morpholine rings is 1. The monoisotopic (exact) mass is 410 g/mol. The average molecular weight is 411 g/mol. The molecule has 6 heteroatoms. The summed E-state index contributed by atoms with van der Waals surface area (Å²) in [5, 5.41) is 3.15. The van der Waals surface area contributed by atoms with Crippen molar-refractivity contribution in [2.45, 2.75) is 31.9 Å². The highest BCUT2D eigenvalue weighted by Crippen LogP contribution is 2.40. The highest BCUT2D eigenvalue weighted by Gasteiger charge is 2.31. The van der Waals surface area contributed by atoms with Gasteiger partial charge in [0.25, 0.3) is 5.91 Å². The van der Waals surface area contributed by atoms with E-state index < -0.39 is 0 Å². The summed E-state index contributed by atoms with van der Waals surface area (Å²) < 4.78 is 16.8. The first-order valence-corrected chi connectivity index (χ1v) is 10.6. The molecule has 0 spiro atoms. The second-order valence-corrected chi connectivity index (χ2v) is 7.98. The summed E-state index contributed by atoms with van der Waals surface area (Å²) in [7, 11) is 1.66. The van der Waals surface area contributed by atoms with Crippen molar-refractivity contribution in [3.63, 3.8) is 0 Å². The summed E-state index contributed by atoms with van der Waals surface area (Å²) in [5.74, 6) is 1.74.